The van der Waals surface area contributed by atoms with E-state index in [1.807, 2.05) is 0 Å². The molecular weight excluding hydrogens is 129 g/mol. The molecule has 1 N–H and O–H groups in total. The van der Waals surface area contributed by atoms with Gasteiger partial charge in [0.2, 0.25) is 0 Å². The number of rotatable bonds is 1. The molecule has 0 aromatic carbocycles. The molecule has 4 heteroatoms. The van der Waals surface area contributed by atoms with Crippen LogP contribution in [0.5, 0.6) is 0 Å². The third-order valence-electron chi connectivity index (χ3n) is 1.07. The number of pyridine rings is 1. The lowest BCUT2D eigenvalue weighted by molar-refractivity contribution is 0.0698. The quantitative estimate of drug-likeness (QED) is 0.529. The van der Waals surface area contributed by atoms with Crippen molar-refractivity contribution in [1.82, 2.24) is 4.98 Å². The average Bonchev–Trinajstić information content (AvgIpc) is 1.88. The van der Waals surface area contributed by atoms with Gasteiger partial charge in [0.25, 0.3) is 0 Å². The number of hydrogen-bond acceptors (Lipinski definition) is 2. The van der Waals surface area contributed by atoms with Crippen LogP contribution in [-0.4, -0.2) is 23.9 Å². The van der Waals surface area contributed by atoms with Crippen LogP contribution in [0.3, 0.4) is 0 Å². The van der Waals surface area contributed by atoms with Crippen molar-refractivity contribution in [2.75, 3.05) is 0 Å². The number of carboxylic acid groups (broad SMARTS) is 1. The summed E-state index contributed by atoms with van der Waals surface area (Å²) in [5.74, 6) is -1.05. The molecule has 0 aliphatic heterocycles. The third kappa shape index (κ3) is 1.15. The van der Waals surface area contributed by atoms with Gasteiger partial charge in [-0.3, -0.25) is 4.98 Å². The standard InChI is InChI=1S/C6H4BNO2/c7-5-4(6(9)10)2-1-3-8-5/h1-3H,(H,9,10). The Morgan fingerprint density at radius 1 is 1.70 bits per heavy atom. The van der Waals surface area contributed by atoms with Crippen LogP contribution in [0.1, 0.15) is 10.4 Å². The number of aromatic carboxylic acids is 1. The second-order valence-corrected chi connectivity index (χ2v) is 1.74. The largest absolute Gasteiger partial charge is 0.478 e. The van der Waals surface area contributed by atoms with Gasteiger partial charge in [0.1, 0.15) is 7.85 Å². The first-order valence-corrected chi connectivity index (χ1v) is 2.65. The van der Waals surface area contributed by atoms with Gasteiger partial charge in [-0.15, -0.1) is 0 Å². The molecule has 48 valence electrons. The molecule has 0 atom stereocenters. The van der Waals surface area contributed by atoms with Crippen LogP contribution in [0.4, 0.5) is 0 Å². The van der Waals surface area contributed by atoms with E-state index in [0.717, 1.165) is 0 Å². The highest BCUT2D eigenvalue weighted by Gasteiger charge is 2.03. The minimum atomic E-state index is -1.05. The summed E-state index contributed by atoms with van der Waals surface area (Å²) >= 11 is 0. The predicted octanol–water partition coefficient (Wildman–Crippen LogP) is -0.426. The lowest BCUT2D eigenvalue weighted by Gasteiger charge is -1.95. The SMILES string of the molecule is [B]c1ncccc1C(=O)O. The molecule has 0 saturated heterocycles. The molecule has 0 bridgehead atoms. The number of carbonyl (C=O) groups is 1. The molecule has 1 heterocycles. The van der Waals surface area contributed by atoms with E-state index in [-0.39, 0.29) is 11.2 Å². The Kier molecular flexibility index (Phi) is 1.71. The van der Waals surface area contributed by atoms with Gasteiger partial charge in [-0.25, -0.2) is 4.79 Å². The van der Waals surface area contributed by atoms with E-state index in [9.17, 15) is 4.79 Å². The molecule has 0 spiro atoms. The van der Waals surface area contributed by atoms with Gasteiger partial charge >= 0.3 is 5.97 Å². The van der Waals surface area contributed by atoms with Crippen molar-refractivity contribution in [2.24, 2.45) is 0 Å². The van der Waals surface area contributed by atoms with Crippen LogP contribution in [0.25, 0.3) is 0 Å². The normalized spacial score (nSPS) is 9.20. The molecule has 0 aliphatic carbocycles. The highest BCUT2D eigenvalue weighted by atomic mass is 16.4. The van der Waals surface area contributed by atoms with Crippen LogP contribution < -0.4 is 5.59 Å². The summed E-state index contributed by atoms with van der Waals surface area (Å²) in [5, 5.41) is 8.45. The van der Waals surface area contributed by atoms with Crippen molar-refractivity contribution < 1.29 is 9.90 Å². The van der Waals surface area contributed by atoms with Crippen LogP contribution in [0, 0.1) is 0 Å². The van der Waals surface area contributed by atoms with Gasteiger partial charge < -0.3 is 5.11 Å². The highest BCUT2D eigenvalue weighted by Crippen LogP contribution is 1.89. The Morgan fingerprint density at radius 2 is 2.40 bits per heavy atom. The fourth-order valence-electron chi connectivity index (χ4n) is 0.598. The molecule has 0 aliphatic rings. The van der Waals surface area contributed by atoms with E-state index in [4.69, 9.17) is 13.0 Å². The average molecular weight is 133 g/mol. The van der Waals surface area contributed by atoms with Gasteiger partial charge in [-0.1, -0.05) is 0 Å². The van der Waals surface area contributed by atoms with Gasteiger partial charge in [0, 0.05) is 11.8 Å². The minimum Gasteiger partial charge on any atom is -0.478 e. The smallest absolute Gasteiger partial charge is 0.336 e. The monoisotopic (exact) mass is 133 g/mol. The summed E-state index contributed by atoms with van der Waals surface area (Å²) in [7, 11) is 5.23. The molecule has 3 nitrogen and oxygen atoms in total. The van der Waals surface area contributed by atoms with Crippen LogP contribution in [0.15, 0.2) is 18.3 Å². The summed E-state index contributed by atoms with van der Waals surface area (Å²) in [4.78, 5) is 13.9. The van der Waals surface area contributed by atoms with E-state index in [0.29, 0.717) is 0 Å². The van der Waals surface area contributed by atoms with Crippen molar-refractivity contribution in [2.45, 2.75) is 0 Å². The Morgan fingerprint density at radius 3 is 2.80 bits per heavy atom. The lowest BCUT2D eigenvalue weighted by atomic mass is 9.98. The maximum Gasteiger partial charge on any atom is 0.336 e. The van der Waals surface area contributed by atoms with E-state index in [1.54, 1.807) is 0 Å². The Bertz CT molecular complexity index is 262. The first-order chi connectivity index (χ1) is 4.72. The Labute approximate surface area is 59.1 Å². The maximum absolute atomic E-state index is 10.3. The van der Waals surface area contributed by atoms with Gasteiger partial charge in [0.05, 0.1) is 5.56 Å². The van der Waals surface area contributed by atoms with E-state index in [1.165, 1.54) is 18.3 Å². The Hall–Kier alpha value is -1.32. The molecule has 0 amide bonds. The van der Waals surface area contributed by atoms with Crippen LogP contribution >= 0.6 is 0 Å². The Balaban J connectivity index is 3.15. The maximum atomic E-state index is 10.3. The topological polar surface area (TPSA) is 50.2 Å². The molecule has 10 heavy (non-hydrogen) atoms. The molecule has 0 unspecified atom stereocenters. The second-order valence-electron chi connectivity index (χ2n) is 1.74. The number of aromatic nitrogens is 1. The summed E-state index contributed by atoms with van der Waals surface area (Å²) in [5.41, 5.74) is 0.0949. The van der Waals surface area contributed by atoms with Gasteiger partial charge in [-0.2, -0.15) is 0 Å². The van der Waals surface area contributed by atoms with E-state index in [2.05, 4.69) is 4.98 Å². The molecular formula is C6H4BNO2. The van der Waals surface area contributed by atoms with Crippen LogP contribution in [0.2, 0.25) is 0 Å². The second kappa shape index (κ2) is 2.52. The summed E-state index contributed by atoms with van der Waals surface area (Å²) in [6.07, 6.45) is 1.45. The zero-order valence-corrected chi connectivity index (χ0v) is 5.11. The zero-order chi connectivity index (χ0) is 7.56. The van der Waals surface area contributed by atoms with Gasteiger partial charge in [-0.05, 0) is 12.1 Å². The van der Waals surface area contributed by atoms with Crippen molar-refractivity contribution in [3.8, 4) is 0 Å². The van der Waals surface area contributed by atoms with E-state index < -0.39 is 5.97 Å². The molecule has 0 fully saturated rings. The van der Waals surface area contributed by atoms with Crippen molar-refractivity contribution >= 4 is 19.4 Å². The number of hydrogen-bond donors (Lipinski definition) is 1. The molecule has 1 aromatic rings. The fourth-order valence-corrected chi connectivity index (χ4v) is 0.598. The predicted molar refractivity (Wildman–Crippen MR) is 36.6 cm³/mol. The summed E-state index contributed by atoms with van der Waals surface area (Å²) in [6, 6.07) is 2.94. The molecule has 2 radical (unpaired) electrons. The highest BCUT2D eigenvalue weighted by molar-refractivity contribution is 6.34. The van der Waals surface area contributed by atoms with Crippen molar-refractivity contribution in [1.29, 1.82) is 0 Å². The van der Waals surface area contributed by atoms with Crippen molar-refractivity contribution in [3.63, 3.8) is 0 Å². The first-order valence-electron chi connectivity index (χ1n) is 2.65. The number of carboxylic acids is 1. The van der Waals surface area contributed by atoms with Crippen molar-refractivity contribution in [3.05, 3.63) is 23.9 Å². The molecule has 0 saturated carbocycles. The lowest BCUT2D eigenvalue weighted by Crippen LogP contribution is -2.18. The molecule has 1 rings (SSSR count). The first kappa shape index (κ1) is 6.80. The van der Waals surface area contributed by atoms with Gasteiger partial charge in [0.15, 0.2) is 0 Å². The minimum absolute atomic E-state index is 0.0440. The zero-order valence-electron chi connectivity index (χ0n) is 5.11. The fraction of sp³-hybridized carbons (Fsp3) is 0. The third-order valence-corrected chi connectivity index (χ3v) is 1.07. The molecule has 1 aromatic heterocycles. The van der Waals surface area contributed by atoms with E-state index >= 15 is 0 Å². The summed E-state index contributed by atoms with van der Waals surface area (Å²) in [6.45, 7) is 0. The van der Waals surface area contributed by atoms with Crippen LogP contribution in [-0.2, 0) is 0 Å². The number of nitrogens with zero attached hydrogens (tertiary/aromatic N) is 1. The summed E-state index contributed by atoms with van der Waals surface area (Å²) < 4.78 is 0.